The van der Waals surface area contributed by atoms with Gasteiger partial charge in [0.2, 0.25) is 0 Å². The van der Waals surface area contributed by atoms with Gasteiger partial charge in [-0.3, -0.25) is 4.79 Å². The summed E-state index contributed by atoms with van der Waals surface area (Å²) in [5.41, 5.74) is 5.10. The van der Waals surface area contributed by atoms with Gasteiger partial charge in [-0.1, -0.05) is 13.8 Å². The number of piperazine rings is 1. The van der Waals surface area contributed by atoms with E-state index in [4.69, 9.17) is 9.47 Å². The van der Waals surface area contributed by atoms with Crippen molar-refractivity contribution in [2.45, 2.75) is 38.3 Å². The van der Waals surface area contributed by atoms with Crippen molar-refractivity contribution in [3.8, 4) is 22.8 Å². The molecule has 0 aliphatic carbocycles. The SMILES string of the molecule is COc1ccc(-c2[nH]c3ccc(C(=O)N4CC5CC4CN5)cc3c2C(C)C)cc1OC. The highest BCUT2D eigenvalue weighted by Gasteiger charge is 2.40. The molecule has 2 aliphatic rings. The van der Waals surface area contributed by atoms with Gasteiger partial charge in [0.1, 0.15) is 0 Å². The van der Waals surface area contributed by atoms with Crippen LogP contribution in [0, 0.1) is 0 Å². The van der Waals surface area contributed by atoms with Crippen molar-refractivity contribution in [3.63, 3.8) is 0 Å². The standard InChI is InChI=1S/C25H29N3O3/c1-14(2)23-19-9-16(25(29)28-13-17-11-18(28)12-26-17)5-7-20(19)27-24(23)15-6-8-21(30-3)22(10-15)31-4/h5-10,14,17-18,26-27H,11-13H2,1-4H3. The lowest BCUT2D eigenvalue weighted by molar-refractivity contribution is 0.0716. The minimum absolute atomic E-state index is 0.138. The first-order chi connectivity index (χ1) is 15.0. The van der Waals surface area contributed by atoms with Gasteiger partial charge in [0.25, 0.3) is 5.91 Å². The maximum absolute atomic E-state index is 13.3. The van der Waals surface area contributed by atoms with Gasteiger partial charge in [-0.15, -0.1) is 0 Å². The van der Waals surface area contributed by atoms with Crippen LogP contribution in [0.4, 0.5) is 0 Å². The number of benzene rings is 2. The van der Waals surface area contributed by atoms with Gasteiger partial charge in [-0.25, -0.2) is 0 Å². The van der Waals surface area contributed by atoms with E-state index in [1.165, 1.54) is 5.56 Å². The predicted molar refractivity (Wildman–Crippen MR) is 122 cm³/mol. The zero-order valence-corrected chi connectivity index (χ0v) is 18.5. The minimum Gasteiger partial charge on any atom is -0.493 e. The van der Waals surface area contributed by atoms with E-state index >= 15 is 0 Å². The molecule has 1 aromatic heterocycles. The second kappa shape index (κ2) is 7.61. The Balaban J connectivity index is 1.58. The van der Waals surface area contributed by atoms with Gasteiger partial charge in [0.05, 0.1) is 19.9 Å². The van der Waals surface area contributed by atoms with Gasteiger partial charge in [-0.05, 0) is 54.3 Å². The van der Waals surface area contributed by atoms with Crippen molar-refractivity contribution in [1.29, 1.82) is 0 Å². The second-order valence-electron chi connectivity index (χ2n) is 8.85. The Labute approximate surface area is 182 Å². The summed E-state index contributed by atoms with van der Waals surface area (Å²) in [5, 5.41) is 4.57. The van der Waals surface area contributed by atoms with Crippen molar-refractivity contribution in [2.75, 3.05) is 27.3 Å². The number of carbonyl (C=O) groups is 1. The smallest absolute Gasteiger partial charge is 0.254 e. The molecule has 2 unspecified atom stereocenters. The number of aromatic nitrogens is 1. The lowest BCUT2D eigenvalue weighted by Crippen LogP contribution is -2.46. The number of fused-ring (bicyclic) bond motifs is 3. The number of nitrogens with one attached hydrogen (secondary N) is 2. The van der Waals surface area contributed by atoms with Gasteiger partial charge < -0.3 is 24.7 Å². The molecule has 2 atom stereocenters. The molecule has 2 fully saturated rings. The van der Waals surface area contributed by atoms with E-state index in [-0.39, 0.29) is 11.8 Å². The number of ether oxygens (including phenoxy) is 2. The maximum Gasteiger partial charge on any atom is 0.254 e. The molecule has 0 spiro atoms. The summed E-state index contributed by atoms with van der Waals surface area (Å²) < 4.78 is 10.9. The molecule has 0 saturated carbocycles. The summed E-state index contributed by atoms with van der Waals surface area (Å²) in [6.45, 7) is 6.09. The van der Waals surface area contributed by atoms with Crippen LogP contribution in [0.3, 0.4) is 0 Å². The van der Waals surface area contributed by atoms with Crippen LogP contribution in [0.25, 0.3) is 22.2 Å². The molecule has 162 valence electrons. The number of aromatic amines is 1. The van der Waals surface area contributed by atoms with Crippen LogP contribution >= 0.6 is 0 Å². The highest BCUT2D eigenvalue weighted by Crippen LogP contribution is 2.39. The zero-order chi connectivity index (χ0) is 21.7. The lowest BCUT2D eigenvalue weighted by Gasteiger charge is -2.27. The summed E-state index contributed by atoms with van der Waals surface area (Å²) in [6, 6.07) is 12.8. The van der Waals surface area contributed by atoms with Crippen molar-refractivity contribution >= 4 is 16.8 Å². The molecule has 2 aromatic carbocycles. The number of H-pyrrole nitrogens is 1. The van der Waals surface area contributed by atoms with Crippen LogP contribution in [-0.2, 0) is 0 Å². The molecule has 2 aliphatic heterocycles. The molecule has 1 amide bonds. The third-order valence-electron chi connectivity index (χ3n) is 6.65. The molecule has 31 heavy (non-hydrogen) atoms. The van der Waals surface area contributed by atoms with Crippen LogP contribution in [-0.4, -0.2) is 55.2 Å². The summed E-state index contributed by atoms with van der Waals surface area (Å²) in [7, 11) is 3.29. The molecule has 2 N–H and O–H groups in total. The molecule has 6 heteroatoms. The Bertz CT molecular complexity index is 1150. The van der Waals surface area contributed by atoms with Crippen LogP contribution < -0.4 is 14.8 Å². The average molecular weight is 420 g/mol. The van der Waals surface area contributed by atoms with E-state index in [9.17, 15) is 4.79 Å². The summed E-state index contributed by atoms with van der Waals surface area (Å²) >= 11 is 0. The van der Waals surface area contributed by atoms with Gasteiger partial charge in [0, 0.05) is 47.2 Å². The van der Waals surface area contributed by atoms with Crippen molar-refractivity contribution < 1.29 is 14.3 Å². The van der Waals surface area contributed by atoms with Crippen LogP contribution in [0.1, 0.15) is 42.1 Å². The fourth-order valence-corrected chi connectivity index (χ4v) is 5.14. The number of hydrogen-bond donors (Lipinski definition) is 2. The third-order valence-corrected chi connectivity index (χ3v) is 6.65. The average Bonchev–Trinajstić information content (AvgIpc) is 3.51. The van der Waals surface area contributed by atoms with Gasteiger partial charge in [0.15, 0.2) is 11.5 Å². The molecule has 2 bridgehead atoms. The normalized spacial score (nSPS) is 20.1. The Morgan fingerprint density at radius 2 is 1.90 bits per heavy atom. The van der Waals surface area contributed by atoms with E-state index < -0.39 is 0 Å². The predicted octanol–water partition coefficient (Wildman–Crippen LogP) is 4.16. The quantitative estimate of drug-likeness (QED) is 0.652. The zero-order valence-electron chi connectivity index (χ0n) is 18.5. The molecule has 3 aromatic rings. The van der Waals surface area contributed by atoms with Crippen molar-refractivity contribution in [2.24, 2.45) is 0 Å². The fraction of sp³-hybridized carbons (Fsp3) is 0.400. The van der Waals surface area contributed by atoms with Crippen LogP contribution in [0.15, 0.2) is 36.4 Å². The molecule has 0 radical (unpaired) electrons. The van der Waals surface area contributed by atoms with Crippen molar-refractivity contribution in [1.82, 2.24) is 15.2 Å². The molecule has 2 saturated heterocycles. The number of hydrogen-bond acceptors (Lipinski definition) is 4. The monoisotopic (exact) mass is 419 g/mol. The van der Waals surface area contributed by atoms with E-state index in [0.29, 0.717) is 23.6 Å². The van der Waals surface area contributed by atoms with E-state index in [2.05, 4.69) is 30.2 Å². The van der Waals surface area contributed by atoms with Crippen LogP contribution in [0.2, 0.25) is 0 Å². The molecular formula is C25H29N3O3. The third kappa shape index (κ3) is 3.26. The molecular weight excluding hydrogens is 390 g/mol. The number of amides is 1. The lowest BCUT2D eigenvalue weighted by atomic mass is 9.95. The first kappa shape index (κ1) is 19.9. The largest absolute Gasteiger partial charge is 0.493 e. The molecule has 5 rings (SSSR count). The fourth-order valence-electron chi connectivity index (χ4n) is 5.14. The Kier molecular flexibility index (Phi) is 4.89. The number of methoxy groups -OCH3 is 2. The van der Waals surface area contributed by atoms with E-state index in [1.54, 1.807) is 14.2 Å². The number of carbonyl (C=O) groups excluding carboxylic acids is 1. The molecule has 3 heterocycles. The van der Waals surface area contributed by atoms with Crippen LogP contribution in [0.5, 0.6) is 11.5 Å². The van der Waals surface area contributed by atoms with Gasteiger partial charge in [-0.2, -0.15) is 0 Å². The number of nitrogens with zero attached hydrogens (tertiary/aromatic N) is 1. The Morgan fingerprint density at radius 1 is 1.10 bits per heavy atom. The Morgan fingerprint density at radius 3 is 2.55 bits per heavy atom. The second-order valence-corrected chi connectivity index (χ2v) is 8.85. The topological polar surface area (TPSA) is 66.6 Å². The van der Waals surface area contributed by atoms with Crippen molar-refractivity contribution in [3.05, 3.63) is 47.5 Å². The summed E-state index contributed by atoms with van der Waals surface area (Å²) in [6.07, 6.45) is 1.07. The maximum atomic E-state index is 13.3. The van der Waals surface area contributed by atoms with Gasteiger partial charge >= 0.3 is 0 Å². The summed E-state index contributed by atoms with van der Waals surface area (Å²) in [5.74, 6) is 1.83. The number of likely N-dealkylation sites (tertiary alicyclic amines) is 1. The van der Waals surface area contributed by atoms with E-state index in [0.717, 1.165) is 47.2 Å². The Hall–Kier alpha value is -2.99. The first-order valence-electron chi connectivity index (χ1n) is 10.9. The number of rotatable bonds is 5. The highest BCUT2D eigenvalue weighted by molar-refractivity contribution is 6.01. The summed E-state index contributed by atoms with van der Waals surface area (Å²) in [4.78, 5) is 18.9. The van der Waals surface area contributed by atoms with E-state index in [1.807, 2.05) is 35.2 Å². The first-order valence-corrected chi connectivity index (χ1v) is 10.9. The highest BCUT2D eigenvalue weighted by atomic mass is 16.5. The molecule has 6 nitrogen and oxygen atoms in total. The minimum atomic E-state index is 0.138.